The van der Waals surface area contributed by atoms with Crippen molar-refractivity contribution in [1.82, 2.24) is 14.8 Å². The minimum absolute atomic E-state index is 0.361. The van der Waals surface area contributed by atoms with Gasteiger partial charge in [0, 0.05) is 0 Å². The van der Waals surface area contributed by atoms with Crippen LogP contribution in [0.4, 0.5) is 0 Å². The number of rotatable bonds is 4. The lowest BCUT2D eigenvalue weighted by molar-refractivity contribution is -0.160. The third kappa shape index (κ3) is 4.27. The lowest BCUT2D eigenvalue weighted by Crippen LogP contribution is -2.37. The largest absolute Gasteiger partial charge is 0.459 e. The number of esters is 1. The van der Waals surface area contributed by atoms with Crippen LogP contribution in [0.1, 0.15) is 38.1 Å². The summed E-state index contributed by atoms with van der Waals surface area (Å²) in [7, 11) is 0. The highest BCUT2D eigenvalue weighted by molar-refractivity contribution is 14.1. The van der Waals surface area contributed by atoms with Crippen LogP contribution in [0.5, 0.6) is 0 Å². The molecule has 0 bridgehead atoms. The normalized spacial score (nSPS) is 19.9. The van der Waals surface area contributed by atoms with E-state index in [0.29, 0.717) is 12.4 Å². The molecular formula is C18H20IN3O3. The van der Waals surface area contributed by atoms with Crippen molar-refractivity contribution in [3.8, 4) is 0 Å². The van der Waals surface area contributed by atoms with Gasteiger partial charge in [-0.1, -0.05) is 30.3 Å². The first kappa shape index (κ1) is 18.1. The summed E-state index contributed by atoms with van der Waals surface area (Å²) in [5.74, 6) is -0.469. The van der Waals surface area contributed by atoms with Crippen molar-refractivity contribution in [3.05, 3.63) is 54.1 Å². The number of hydrogen-bond acceptors (Lipinski definition) is 5. The second-order valence-electron chi connectivity index (χ2n) is 6.79. The molecule has 25 heavy (non-hydrogen) atoms. The summed E-state index contributed by atoms with van der Waals surface area (Å²) in [6.45, 7) is 5.94. The number of ether oxygens (including phenoxy) is 2. The first-order valence-electron chi connectivity index (χ1n) is 8.01. The molecule has 2 aromatic rings. The monoisotopic (exact) mass is 453 g/mol. The van der Waals surface area contributed by atoms with Crippen LogP contribution >= 0.6 is 22.6 Å². The van der Waals surface area contributed by atoms with Gasteiger partial charge in [0.25, 0.3) is 0 Å². The van der Waals surface area contributed by atoms with Crippen LogP contribution < -0.4 is 0 Å². The Morgan fingerprint density at radius 2 is 2.00 bits per heavy atom. The van der Waals surface area contributed by atoms with Crippen LogP contribution in [0.15, 0.2) is 42.7 Å². The Hall–Kier alpha value is -1.74. The lowest BCUT2D eigenvalue weighted by Gasteiger charge is -2.30. The van der Waals surface area contributed by atoms with E-state index >= 15 is 0 Å². The van der Waals surface area contributed by atoms with Gasteiger partial charge in [-0.25, -0.2) is 9.67 Å². The third-order valence-electron chi connectivity index (χ3n) is 3.63. The number of carbonyl (C=O) groups is 1. The summed E-state index contributed by atoms with van der Waals surface area (Å²) in [6, 6.07) is 9.85. The van der Waals surface area contributed by atoms with Gasteiger partial charge in [0.15, 0.2) is 0 Å². The van der Waals surface area contributed by atoms with Crippen molar-refractivity contribution in [2.45, 2.75) is 45.0 Å². The molecule has 0 saturated carbocycles. The zero-order valence-corrected chi connectivity index (χ0v) is 16.5. The van der Waals surface area contributed by atoms with Crippen LogP contribution in [0.3, 0.4) is 0 Å². The average molecular weight is 453 g/mol. The zero-order valence-electron chi connectivity index (χ0n) is 14.3. The molecule has 1 aromatic carbocycles. The van der Waals surface area contributed by atoms with E-state index in [0.717, 1.165) is 9.27 Å². The molecule has 1 aliphatic heterocycles. The molecular weight excluding hydrogens is 433 g/mol. The van der Waals surface area contributed by atoms with Crippen LogP contribution in [-0.2, 0) is 20.9 Å². The summed E-state index contributed by atoms with van der Waals surface area (Å²) < 4.78 is 14.1. The smallest absolute Gasteiger partial charge is 0.320 e. The van der Waals surface area contributed by atoms with Crippen molar-refractivity contribution in [1.29, 1.82) is 0 Å². The Kier molecular flexibility index (Phi) is 5.24. The van der Waals surface area contributed by atoms with E-state index in [1.807, 2.05) is 57.2 Å². The number of aromatic nitrogens is 3. The number of nitrogens with zero attached hydrogens (tertiary/aromatic N) is 3. The highest BCUT2D eigenvalue weighted by Crippen LogP contribution is 2.34. The topological polar surface area (TPSA) is 66.2 Å². The number of hydrogen-bond donors (Lipinski definition) is 0. The predicted octanol–water partition coefficient (Wildman–Crippen LogP) is 3.54. The number of halogens is 1. The average Bonchev–Trinajstić information content (AvgIpc) is 3.02. The second-order valence-corrected chi connectivity index (χ2v) is 7.90. The molecule has 132 valence electrons. The molecule has 7 heteroatoms. The molecule has 1 aromatic heterocycles. The predicted molar refractivity (Wildman–Crippen MR) is 102 cm³/mol. The quantitative estimate of drug-likeness (QED) is 0.524. The molecule has 2 atom stereocenters. The third-order valence-corrected chi connectivity index (χ3v) is 4.45. The van der Waals surface area contributed by atoms with E-state index in [9.17, 15) is 4.79 Å². The van der Waals surface area contributed by atoms with Crippen LogP contribution in [0.25, 0.3) is 3.70 Å². The molecule has 3 rings (SSSR count). The zero-order chi connectivity index (χ0) is 18.0. The molecule has 1 aliphatic rings. The van der Waals surface area contributed by atoms with Gasteiger partial charge < -0.3 is 9.47 Å². The Balaban J connectivity index is 1.85. The lowest BCUT2D eigenvalue weighted by atomic mass is 9.98. The van der Waals surface area contributed by atoms with Crippen molar-refractivity contribution in [2.24, 2.45) is 0 Å². The molecule has 0 fully saturated rings. The van der Waals surface area contributed by atoms with Gasteiger partial charge >= 0.3 is 5.97 Å². The highest BCUT2D eigenvalue weighted by Gasteiger charge is 2.40. The Labute approximate surface area is 160 Å². The van der Waals surface area contributed by atoms with Gasteiger partial charge in [-0.05, 0) is 55.0 Å². The van der Waals surface area contributed by atoms with E-state index in [2.05, 4.69) is 32.7 Å². The Bertz CT molecular complexity index is 780. The van der Waals surface area contributed by atoms with E-state index < -0.39 is 17.6 Å². The fourth-order valence-electron chi connectivity index (χ4n) is 2.59. The highest BCUT2D eigenvalue weighted by atomic mass is 127. The first-order chi connectivity index (χ1) is 11.8. The van der Waals surface area contributed by atoms with Crippen molar-refractivity contribution < 1.29 is 14.3 Å². The van der Waals surface area contributed by atoms with E-state index in [1.54, 1.807) is 4.68 Å². The minimum Gasteiger partial charge on any atom is -0.459 e. The Morgan fingerprint density at radius 1 is 1.28 bits per heavy atom. The summed E-state index contributed by atoms with van der Waals surface area (Å²) in [5.41, 5.74) is 0.459. The van der Waals surface area contributed by atoms with Crippen LogP contribution in [0.2, 0.25) is 0 Å². The fraction of sp³-hybridized carbons (Fsp3) is 0.389. The minimum atomic E-state index is -0.649. The van der Waals surface area contributed by atoms with Crippen LogP contribution in [-0.4, -0.2) is 32.4 Å². The van der Waals surface area contributed by atoms with Gasteiger partial charge in [0.2, 0.25) is 0 Å². The summed E-state index contributed by atoms with van der Waals surface area (Å²) in [4.78, 5) is 17.1. The molecule has 6 nitrogen and oxygen atoms in total. The van der Waals surface area contributed by atoms with Gasteiger partial charge in [-0.15, -0.1) is 0 Å². The summed E-state index contributed by atoms with van der Waals surface area (Å²) >= 11 is 2.17. The number of fused-ring (bicyclic) bond motifs is 1. The fourth-order valence-corrected chi connectivity index (χ4v) is 3.32. The Morgan fingerprint density at radius 3 is 2.68 bits per heavy atom. The molecule has 0 amide bonds. The number of benzene rings is 1. The van der Waals surface area contributed by atoms with Gasteiger partial charge in [-0.3, -0.25) is 4.79 Å². The van der Waals surface area contributed by atoms with Crippen molar-refractivity contribution in [3.63, 3.8) is 0 Å². The number of carbonyl (C=O) groups excluding carboxylic acids is 1. The molecule has 0 saturated heterocycles. The summed E-state index contributed by atoms with van der Waals surface area (Å²) in [6.07, 6.45) is 2.87. The van der Waals surface area contributed by atoms with E-state index in [4.69, 9.17) is 9.47 Å². The van der Waals surface area contributed by atoms with Crippen molar-refractivity contribution in [2.75, 3.05) is 0 Å². The molecule has 0 spiro atoms. The maximum Gasteiger partial charge on any atom is 0.320 e. The maximum absolute atomic E-state index is 12.8. The van der Waals surface area contributed by atoms with E-state index in [-0.39, 0.29) is 5.97 Å². The van der Waals surface area contributed by atoms with Gasteiger partial charge in [0.05, 0.1) is 12.7 Å². The molecule has 2 unspecified atom stereocenters. The molecule has 0 aliphatic carbocycles. The maximum atomic E-state index is 12.8. The molecule has 0 radical (unpaired) electrons. The van der Waals surface area contributed by atoms with Crippen LogP contribution in [0, 0.1) is 0 Å². The SMILES string of the molecule is CC(C)(C)OC(=O)C1c2ncnn2C(I)=CC1OCc1ccccc1. The molecule has 0 N–H and O–H groups in total. The van der Waals surface area contributed by atoms with Crippen molar-refractivity contribution >= 4 is 32.3 Å². The van der Waals surface area contributed by atoms with E-state index in [1.165, 1.54) is 6.33 Å². The second kappa shape index (κ2) is 7.25. The summed E-state index contributed by atoms with van der Waals surface area (Å²) in [5, 5.41) is 4.19. The standard InChI is InChI=1S/C18H20IN3O3/c1-18(2,3)25-17(23)15-13(24-10-12-7-5-4-6-8-12)9-14(19)22-16(15)20-11-21-22/h4-9,11,13,15H,10H2,1-3H3. The van der Waals surface area contributed by atoms with Gasteiger partial charge in [0.1, 0.15) is 27.4 Å². The van der Waals surface area contributed by atoms with Gasteiger partial charge in [-0.2, -0.15) is 5.10 Å². The first-order valence-corrected chi connectivity index (χ1v) is 9.09. The molecule has 2 heterocycles.